The van der Waals surface area contributed by atoms with Gasteiger partial charge in [0.15, 0.2) is 9.84 Å². The van der Waals surface area contributed by atoms with Crippen LogP contribution in [0.1, 0.15) is 79.8 Å². The van der Waals surface area contributed by atoms with Crippen molar-refractivity contribution in [3.63, 3.8) is 0 Å². The van der Waals surface area contributed by atoms with Crippen molar-refractivity contribution >= 4 is 37.1 Å². The minimum absolute atomic E-state index is 0.0899. The smallest absolute Gasteiger partial charge is 0.181 e. The number of ether oxygens (including phenoxy) is 1. The first-order valence-corrected chi connectivity index (χ1v) is 19.6. The Morgan fingerprint density at radius 3 is 2.65 bits per heavy atom. The highest BCUT2D eigenvalue weighted by Crippen LogP contribution is 2.51. The van der Waals surface area contributed by atoms with Crippen molar-refractivity contribution in [2.75, 3.05) is 24.3 Å². The molecule has 7 heterocycles. The van der Waals surface area contributed by atoms with E-state index in [-0.39, 0.29) is 23.6 Å². The van der Waals surface area contributed by atoms with Gasteiger partial charge >= 0.3 is 0 Å². The third kappa shape index (κ3) is 5.71. The highest BCUT2D eigenvalue weighted by Gasteiger charge is 2.42. The van der Waals surface area contributed by atoms with Crippen LogP contribution < -0.4 is 5.32 Å². The first kappa shape index (κ1) is 31.5. The van der Waals surface area contributed by atoms with E-state index in [2.05, 4.69) is 47.3 Å². The molecule has 0 aromatic carbocycles. The van der Waals surface area contributed by atoms with E-state index in [0.717, 1.165) is 112 Å². The van der Waals surface area contributed by atoms with E-state index in [0.29, 0.717) is 10.8 Å². The third-order valence-electron chi connectivity index (χ3n) is 10.4. The number of hydrogen-bond acceptors (Lipinski definition) is 9. The fourth-order valence-corrected chi connectivity index (χ4v) is 11.3. The quantitative estimate of drug-likeness (QED) is 0.175. The molecular formula is C38H41N5O3S2. The van der Waals surface area contributed by atoms with Crippen molar-refractivity contribution in [2.45, 2.75) is 76.2 Å². The Morgan fingerprint density at radius 2 is 1.83 bits per heavy atom. The number of fused-ring (bicyclic) bond motifs is 3. The first-order valence-electron chi connectivity index (χ1n) is 17.2. The van der Waals surface area contributed by atoms with Crippen molar-refractivity contribution in [1.29, 1.82) is 0 Å². The summed E-state index contributed by atoms with van der Waals surface area (Å²) >= 11 is 1.62. The monoisotopic (exact) mass is 679 g/mol. The Kier molecular flexibility index (Phi) is 8.29. The predicted octanol–water partition coefficient (Wildman–Crippen LogP) is 8.11. The molecule has 1 saturated heterocycles. The van der Waals surface area contributed by atoms with Crippen LogP contribution in [-0.2, 0) is 27.4 Å². The number of sulfone groups is 1. The normalized spacial score (nSPS) is 20.3. The molecule has 1 aliphatic carbocycles. The Balaban J connectivity index is 1.33. The second-order valence-corrected chi connectivity index (χ2v) is 16.9. The zero-order valence-corrected chi connectivity index (χ0v) is 29.3. The van der Waals surface area contributed by atoms with Crippen molar-refractivity contribution in [3.05, 3.63) is 83.3 Å². The molecular weight excluding hydrogens is 639 g/mol. The molecule has 8 rings (SSSR count). The standard InChI is InChI=1S/C38H41N5O3S2/c1-22(2)28-21-48(44,45)37-34(32-20-26-11-16-41-38(36(26)47-32)43-30-9-8-29-27(30)5-4-14-40-29)33(25-10-15-39-23(3)19-25)31(42-35(28)37)7-6-24-12-17-46-18-13-24/h4-5,10-11,14-16,19-20,22,24,28,30H,6-9,12-13,17-18,21H2,1-3H3,(H,41,43)/t28-,30+/m0/s1. The average Bonchev–Trinajstić information content (AvgIpc) is 3.78. The Bertz CT molecular complexity index is 2120. The van der Waals surface area contributed by atoms with E-state index in [9.17, 15) is 8.42 Å². The largest absolute Gasteiger partial charge is 0.381 e. The fourth-order valence-electron chi connectivity index (χ4n) is 7.83. The number of hydrogen-bond donors (Lipinski definition) is 1. The average molecular weight is 680 g/mol. The second-order valence-electron chi connectivity index (χ2n) is 13.9. The van der Waals surface area contributed by atoms with Crippen LogP contribution in [0.2, 0.25) is 0 Å². The maximum atomic E-state index is 14.3. The van der Waals surface area contributed by atoms with E-state index in [4.69, 9.17) is 14.7 Å². The summed E-state index contributed by atoms with van der Waals surface area (Å²) < 4.78 is 35.2. The number of thiophene rings is 1. The molecule has 1 N–H and O–H groups in total. The topological polar surface area (TPSA) is 107 Å². The molecule has 0 radical (unpaired) electrons. The molecule has 0 spiro atoms. The van der Waals surface area contributed by atoms with Crippen LogP contribution in [0.3, 0.4) is 0 Å². The van der Waals surface area contributed by atoms with Gasteiger partial charge in [-0.05, 0) is 104 Å². The van der Waals surface area contributed by atoms with Gasteiger partial charge in [0.1, 0.15) is 5.82 Å². The number of nitrogens with one attached hydrogen (secondary N) is 1. The van der Waals surface area contributed by atoms with Crippen molar-refractivity contribution in [2.24, 2.45) is 11.8 Å². The maximum Gasteiger partial charge on any atom is 0.181 e. The van der Waals surface area contributed by atoms with E-state index < -0.39 is 9.84 Å². The highest BCUT2D eigenvalue weighted by atomic mass is 32.2. The van der Waals surface area contributed by atoms with Crippen LogP contribution >= 0.6 is 11.3 Å². The summed E-state index contributed by atoms with van der Waals surface area (Å²) in [4.78, 5) is 20.6. The lowest BCUT2D eigenvalue weighted by atomic mass is 9.87. The molecule has 2 atom stereocenters. The number of rotatable bonds is 8. The lowest BCUT2D eigenvalue weighted by molar-refractivity contribution is 0.0639. The third-order valence-corrected chi connectivity index (χ3v) is 13.4. The number of nitrogens with zero attached hydrogens (tertiary/aromatic N) is 4. The van der Waals surface area contributed by atoms with Crippen LogP contribution in [-0.4, -0.2) is 47.3 Å². The fraction of sp³-hybridized carbons (Fsp3) is 0.421. The van der Waals surface area contributed by atoms with Crippen molar-refractivity contribution in [1.82, 2.24) is 19.9 Å². The van der Waals surface area contributed by atoms with Gasteiger partial charge in [-0.3, -0.25) is 15.0 Å². The molecule has 5 aromatic heterocycles. The summed E-state index contributed by atoms with van der Waals surface area (Å²) in [5.74, 6) is 1.47. The first-order chi connectivity index (χ1) is 23.3. The van der Waals surface area contributed by atoms with Gasteiger partial charge in [0.2, 0.25) is 0 Å². The zero-order valence-electron chi connectivity index (χ0n) is 27.7. The minimum Gasteiger partial charge on any atom is -0.381 e. The Labute approximate surface area is 286 Å². The molecule has 5 aromatic rings. The van der Waals surface area contributed by atoms with Gasteiger partial charge in [0.25, 0.3) is 0 Å². The Morgan fingerprint density at radius 1 is 1.00 bits per heavy atom. The number of anilines is 1. The minimum atomic E-state index is -3.60. The number of aryl methyl sites for hydroxylation is 3. The lowest BCUT2D eigenvalue weighted by Crippen LogP contribution is -2.17. The lowest BCUT2D eigenvalue weighted by Gasteiger charge is -2.24. The molecule has 0 amide bonds. The molecule has 3 aliphatic rings. The van der Waals surface area contributed by atoms with E-state index >= 15 is 0 Å². The van der Waals surface area contributed by atoms with E-state index in [1.54, 1.807) is 11.3 Å². The van der Waals surface area contributed by atoms with Gasteiger partial charge in [0, 0.05) is 70.8 Å². The summed E-state index contributed by atoms with van der Waals surface area (Å²) in [5, 5.41) is 4.77. The summed E-state index contributed by atoms with van der Waals surface area (Å²) in [6.45, 7) is 7.80. The molecule has 10 heteroatoms. The summed E-state index contributed by atoms with van der Waals surface area (Å²) in [7, 11) is -3.60. The second kappa shape index (κ2) is 12.6. The van der Waals surface area contributed by atoms with Crippen molar-refractivity contribution in [3.8, 4) is 21.6 Å². The summed E-state index contributed by atoms with van der Waals surface area (Å²) in [6.07, 6.45) is 11.3. The summed E-state index contributed by atoms with van der Waals surface area (Å²) in [5.41, 5.74) is 7.63. The SMILES string of the molecule is Cc1cc(-c2c(CCC3CCOCC3)nc3c(c2-c2cc4ccnc(N[C@@H]5CCc6ncccc65)c4s2)S(=O)(=O)C[C@H]3C(C)C)ccn1. The van der Waals surface area contributed by atoms with Gasteiger partial charge < -0.3 is 10.1 Å². The van der Waals surface area contributed by atoms with Crippen LogP contribution in [0.15, 0.2) is 59.9 Å². The molecule has 2 aliphatic heterocycles. The molecule has 48 heavy (non-hydrogen) atoms. The van der Waals surface area contributed by atoms with Crippen LogP contribution in [0.5, 0.6) is 0 Å². The highest BCUT2D eigenvalue weighted by molar-refractivity contribution is 7.92. The maximum absolute atomic E-state index is 14.3. The van der Waals surface area contributed by atoms with E-state index in [1.165, 1.54) is 5.56 Å². The Hall–Kier alpha value is -3.73. The van der Waals surface area contributed by atoms with Gasteiger partial charge in [-0.15, -0.1) is 11.3 Å². The van der Waals surface area contributed by atoms with Gasteiger partial charge in [-0.1, -0.05) is 19.9 Å². The number of pyridine rings is 4. The molecule has 0 saturated carbocycles. The molecule has 0 bridgehead atoms. The zero-order chi connectivity index (χ0) is 33.0. The molecule has 0 unspecified atom stereocenters. The molecule has 8 nitrogen and oxygen atoms in total. The van der Waals surface area contributed by atoms with Gasteiger partial charge in [-0.2, -0.15) is 0 Å². The van der Waals surface area contributed by atoms with Crippen molar-refractivity contribution < 1.29 is 13.2 Å². The van der Waals surface area contributed by atoms with Crippen LogP contribution in [0.4, 0.5) is 5.82 Å². The summed E-state index contributed by atoms with van der Waals surface area (Å²) in [6, 6.07) is 12.5. The van der Waals surface area contributed by atoms with E-state index in [1.807, 2.05) is 43.7 Å². The van der Waals surface area contributed by atoms with Crippen LogP contribution in [0.25, 0.3) is 31.7 Å². The van der Waals surface area contributed by atoms with Gasteiger partial charge in [-0.25, -0.2) is 13.4 Å². The van der Waals surface area contributed by atoms with Gasteiger partial charge in [0.05, 0.1) is 27.1 Å². The molecule has 1 fully saturated rings. The molecule has 248 valence electrons. The number of aromatic nitrogens is 4. The van der Waals surface area contributed by atoms with Crippen LogP contribution in [0, 0.1) is 18.8 Å². The predicted molar refractivity (Wildman–Crippen MR) is 191 cm³/mol.